The predicted molar refractivity (Wildman–Crippen MR) is 128 cm³/mol. The van der Waals surface area contributed by atoms with Crippen LogP contribution < -0.4 is 23.8 Å². The van der Waals surface area contributed by atoms with Crippen molar-refractivity contribution in [1.29, 1.82) is 0 Å². The lowest BCUT2D eigenvalue weighted by atomic mass is 10.1. The third-order valence-corrected chi connectivity index (χ3v) is 5.79. The van der Waals surface area contributed by atoms with Crippen LogP contribution in [-0.4, -0.2) is 75.4 Å². The van der Waals surface area contributed by atoms with Crippen LogP contribution in [-0.2, 0) is 0 Å². The molecule has 0 atom stereocenters. The van der Waals surface area contributed by atoms with Crippen LogP contribution in [0.25, 0.3) is 11.3 Å². The number of hydrogen-bond acceptors (Lipinski definition) is 8. The Hall–Kier alpha value is -4.01. The van der Waals surface area contributed by atoms with E-state index in [0.717, 1.165) is 11.3 Å². The zero-order valence-electron chi connectivity index (χ0n) is 19.8. The minimum Gasteiger partial charge on any atom is -0.496 e. The smallest absolute Gasteiger partial charge is 0.257 e. The van der Waals surface area contributed by atoms with Crippen molar-refractivity contribution < 1.29 is 23.7 Å². The minimum absolute atomic E-state index is 0.0378. The number of nitrogens with zero attached hydrogens (tertiary/aromatic N) is 4. The highest BCUT2D eigenvalue weighted by Gasteiger charge is 2.25. The maximum absolute atomic E-state index is 13.0. The molecule has 9 nitrogen and oxygen atoms in total. The summed E-state index contributed by atoms with van der Waals surface area (Å²) in [4.78, 5) is 26.1. The number of para-hydroxylation sites is 1. The van der Waals surface area contributed by atoms with Gasteiger partial charge in [0, 0.05) is 37.9 Å². The number of benzene rings is 2. The Balaban J connectivity index is 1.51. The largest absolute Gasteiger partial charge is 0.496 e. The molecule has 0 radical (unpaired) electrons. The molecule has 0 saturated carbocycles. The van der Waals surface area contributed by atoms with Crippen molar-refractivity contribution in [2.75, 3.05) is 59.5 Å². The molecule has 0 N–H and O–H groups in total. The van der Waals surface area contributed by atoms with Gasteiger partial charge in [0.25, 0.3) is 5.91 Å². The fraction of sp³-hybridized carbons (Fsp3) is 0.320. The van der Waals surface area contributed by atoms with Crippen molar-refractivity contribution in [2.45, 2.75) is 0 Å². The second-order valence-electron chi connectivity index (χ2n) is 7.64. The number of rotatable bonds is 7. The quantitative estimate of drug-likeness (QED) is 0.527. The Morgan fingerprint density at radius 2 is 1.47 bits per heavy atom. The van der Waals surface area contributed by atoms with E-state index in [-0.39, 0.29) is 5.91 Å². The summed E-state index contributed by atoms with van der Waals surface area (Å²) in [5.74, 6) is 2.79. The molecule has 1 fully saturated rings. The first-order valence-corrected chi connectivity index (χ1v) is 10.9. The van der Waals surface area contributed by atoms with Gasteiger partial charge in [0.1, 0.15) is 5.75 Å². The SMILES string of the molecule is COc1ccccc1C(=O)N1CCN(c2nccc(-c3cc(OC)c(OC)c(OC)c3)n2)CC1. The summed E-state index contributed by atoms with van der Waals surface area (Å²) in [6.45, 7) is 2.38. The van der Waals surface area contributed by atoms with Crippen molar-refractivity contribution in [3.05, 3.63) is 54.2 Å². The Bertz CT molecular complexity index is 1140. The van der Waals surface area contributed by atoms with Crippen molar-refractivity contribution in [3.8, 4) is 34.3 Å². The topological polar surface area (TPSA) is 86.3 Å². The van der Waals surface area contributed by atoms with Gasteiger partial charge in [0.2, 0.25) is 11.7 Å². The van der Waals surface area contributed by atoms with Crippen LogP contribution in [0.3, 0.4) is 0 Å². The summed E-state index contributed by atoms with van der Waals surface area (Å²) in [7, 11) is 6.31. The summed E-state index contributed by atoms with van der Waals surface area (Å²) in [5, 5.41) is 0. The molecule has 1 saturated heterocycles. The van der Waals surface area contributed by atoms with Gasteiger partial charge < -0.3 is 28.7 Å². The number of ether oxygens (including phenoxy) is 4. The second kappa shape index (κ2) is 10.3. The van der Waals surface area contributed by atoms with E-state index in [1.807, 2.05) is 35.2 Å². The lowest BCUT2D eigenvalue weighted by molar-refractivity contribution is 0.0743. The molecule has 1 aromatic heterocycles. The van der Waals surface area contributed by atoms with Crippen molar-refractivity contribution >= 4 is 11.9 Å². The van der Waals surface area contributed by atoms with E-state index in [1.54, 1.807) is 46.8 Å². The summed E-state index contributed by atoms with van der Waals surface area (Å²) >= 11 is 0. The van der Waals surface area contributed by atoms with Crippen LogP contribution >= 0.6 is 0 Å². The fourth-order valence-electron chi connectivity index (χ4n) is 3.99. The van der Waals surface area contributed by atoms with Crippen molar-refractivity contribution in [1.82, 2.24) is 14.9 Å². The number of piperazine rings is 1. The molecule has 0 spiro atoms. The van der Waals surface area contributed by atoms with Crippen LogP contribution in [0.4, 0.5) is 5.95 Å². The number of amides is 1. The third kappa shape index (κ3) is 4.54. The molecule has 2 heterocycles. The average Bonchev–Trinajstić information content (AvgIpc) is 2.91. The number of hydrogen-bond donors (Lipinski definition) is 0. The van der Waals surface area contributed by atoms with Gasteiger partial charge in [-0.1, -0.05) is 12.1 Å². The van der Waals surface area contributed by atoms with E-state index in [1.165, 1.54) is 0 Å². The molecule has 1 aliphatic heterocycles. The molecule has 0 bridgehead atoms. The molecular formula is C25H28N4O5. The highest BCUT2D eigenvalue weighted by molar-refractivity contribution is 5.97. The molecule has 1 aliphatic rings. The first kappa shape index (κ1) is 23.2. The normalized spacial score (nSPS) is 13.4. The molecule has 0 unspecified atom stereocenters. The Kier molecular flexibility index (Phi) is 7.01. The summed E-state index contributed by atoms with van der Waals surface area (Å²) in [6, 6.07) is 12.8. The first-order valence-electron chi connectivity index (χ1n) is 10.9. The molecule has 9 heteroatoms. The lowest BCUT2D eigenvalue weighted by Crippen LogP contribution is -2.49. The van der Waals surface area contributed by atoms with E-state index in [2.05, 4.69) is 9.88 Å². The molecule has 4 rings (SSSR count). The lowest BCUT2D eigenvalue weighted by Gasteiger charge is -2.35. The van der Waals surface area contributed by atoms with Crippen LogP contribution in [0.5, 0.6) is 23.0 Å². The van der Waals surface area contributed by atoms with E-state index in [4.69, 9.17) is 23.9 Å². The van der Waals surface area contributed by atoms with Crippen molar-refractivity contribution in [3.63, 3.8) is 0 Å². The van der Waals surface area contributed by atoms with Crippen LogP contribution in [0, 0.1) is 0 Å². The molecule has 178 valence electrons. The van der Waals surface area contributed by atoms with Gasteiger partial charge in [-0.3, -0.25) is 4.79 Å². The number of anilines is 1. The average molecular weight is 465 g/mol. The van der Waals surface area contributed by atoms with E-state index in [9.17, 15) is 4.79 Å². The monoisotopic (exact) mass is 464 g/mol. The first-order chi connectivity index (χ1) is 16.6. The summed E-state index contributed by atoms with van der Waals surface area (Å²) in [6.07, 6.45) is 1.73. The van der Waals surface area contributed by atoms with Crippen molar-refractivity contribution in [2.24, 2.45) is 0 Å². The predicted octanol–water partition coefficient (Wildman–Crippen LogP) is 3.14. The molecule has 2 aromatic carbocycles. The van der Waals surface area contributed by atoms with Gasteiger partial charge in [0.05, 0.1) is 39.7 Å². The highest BCUT2D eigenvalue weighted by atomic mass is 16.5. The molecule has 0 aliphatic carbocycles. The standard InChI is InChI=1S/C25H28N4O5/c1-31-20-8-6-5-7-18(20)24(30)28-11-13-29(14-12-28)25-26-10-9-19(27-25)17-15-21(32-2)23(34-4)22(16-17)33-3/h5-10,15-16H,11-14H2,1-4H3. The van der Waals surface area contributed by atoms with Gasteiger partial charge in [0.15, 0.2) is 11.5 Å². The van der Waals surface area contributed by atoms with E-state index in [0.29, 0.717) is 60.7 Å². The Morgan fingerprint density at radius 1 is 0.824 bits per heavy atom. The molecule has 1 amide bonds. The number of carbonyl (C=O) groups excluding carboxylic acids is 1. The highest BCUT2D eigenvalue weighted by Crippen LogP contribution is 2.41. The summed E-state index contributed by atoms with van der Waals surface area (Å²) < 4.78 is 21.7. The second-order valence-corrected chi connectivity index (χ2v) is 7.64. The zero-order valence-corrected chi connectivity index (χ0v) is 19.8. The minimum atomic E-state index is -0.0378. The van der Waals surface area contributed by atoms with Crippen LogP contribution in [0.2, 0.25) is 0 Å². The van der Waals surface area contributed by atoms with E-state index >= 15 is 0 Å². The van der Waals surface area contributed by atoms with Gasteiger partial charge in [-0.15, -0.1) is 0 Å². The van der Waals surface area contributed by atoms with Crippen LogP contribution in [0.1, 0.15) is 10.4 Å². The molecular weight excluding hydrogens is 436 g/mol. The molecule has 34 heavy (non-hydrogen) atoms. The maximum Gasteiger partial charge on any atom is 0.257 e. The zero-order chi connectivity index (χ0) is 24.1. The summed E-state index contributed by atoms with van der Waals surface area (Å²) in [5.41, 5.74) is 2.12. The third-order valence-electron chi connectivity index (χ3n) is 5.79. The van der Waals surface area contributed by atoms with Gasteiger partial charge >= 0.3 is 0 Å². The van der Waals surface area contributed by atoms with E-state index < -0.39 is 0 Å². The Morgan fingerprint density at radius 3 is 2.09 bits per heavy atom. The maximum atomic E-state index is 13.0. The number of carbonyl (C=O) groups is 1. The van der Waals surface area contributed by atoms with Crippen LogP contribution in [0.15, 0.2) is 48.7 Å². The van der Waals surface area contributed by atoms with Gasteiger partial charge in [-0.25, -0.2) is 9.97 Å². The number of aromatic nitrogens is 2. The van der Waals surface area contributed by atoms with Gasteiger partial charge in [-0.2, -0.15) is 0 Å². The Labute approximate surface area is 198 Å². The fourth-order valence-corrected chi connectivity index (χ4v) is 3.99. The molecule has 3 aromatic rings. The number of methoxy groups -OCH3 is 4. The van der Waals surface area contributed by atoms with Gasteiger partial charge in [-0.05, 0) is 30.3 Å².